The number of hydrogen-bond donors (Lipinski definition) is 1. The monoisotopic (exact) mass is 278 g/mol. The zero-order chi connectivity index (χ0) is 14.2. The molecule has 1 amide bonds. The number of amides is 1. The van der Waals surface area contributed by atoms with E-state index in [0.29, 0.717) is 4.90 Å². The summed E-state index contributed by atoms with van der Waals surface area (Å²) in [6, 6.07) is 0. The number of nitrogens with two attached hydrogens (primary N) is 1. The smallest absolute Gasteiger partial charge is 0.341 e. The first kappa shape index (κ1) is 15.1. The van der Waals surface area contributed by atoms with Gasteiger partial charge in [-0.15, -0.1) is 0 Å². The lowest BCUT2D eigenvalue weighted by Gasteiger charge is -2.33. The predicted octanol–water partition coefficient (Wildman–Crippen LogP) is 1.68. The third-order valence-electron chi connectivity index (χ3n) is 3.07. The Morgan fingerprint density at radius 3 is 2.00 bits per heavy atom. The van der Waals surface area contributed by atoms with Crippen molar-refractivity contribution in [2.45, 2.75) is 25.2 Å². The van der Waals surface area contributed by atoms with E-state index >= 15 is 0 Å². The second-order valence-corrected chi connectivity index (χ2v) is 4.18. The molecule has 9 heteroatoms. The predicted molar refractivity (Wildman–Crippen MR) is 49.4 cm³/mol. The normalized spacial score (nSPS) is 20.3. The highest BCUT2D eigenvalue weighted by Crippen LogP contribution is 2.55. The first-order valence-corrected chi connectivity index (χ1v) is 5.16. The average molecular weight is 278 g/mol. The van der Waals surface area contributed by atoms with Gasteiger partial charge >= 0.3 is 12.4 Å². The summed E-state index contributed by atoms with van der Waals surface area (Å²) in [6.07, 6.45) is -12.3. The molecule has 0 aromatic rings. The van der Waals surface area contributed by atoms with Crippen LogP contribution in [0.25, 0.3) is 0 Å². The van der Waals surface area contributed by atoms with Gasteiger partial charge in [-0.2, -0.15) is 26.3 Å². The molecule has 0 bridgehead atoms. The largest absolute Gasteiger partial charge is 0.404 e. The van der Waals surface area contributed by atoms with Gasteiger partial charge in [-0.25, -0.2) is 0 Å². The van der Waals surface area contributed by atoms with Crippen LogP contribution in [-0.4, -0.2) is 42.8 Å². The zero-order valence-corrected chi connectivity index (χ0v) is 9.24. The Morgan fingerprint density at radius 1 is 1.17 bits per heavy atom. The van der Waals surface area contributed by atoms with E-state index in [9.17, 15) is 31.1 Å². The fourth-order valence-corrected chi connectivity index (χ4v) is 1.93. The fourth-order valence-electron chi connectivity index (χ4n) is 1.93. The molecule has 0 aliphatic carbocycles. The molecule has 106 valence electrons. The van der Waals surface area contributed by atoms with Crippen molar-refractivity contribution < 1.29 is 31.1 Å². The van der Waals surface area contributed by atoms with Crippen molar-refractivity contribution in [3.63, 3.8) is 0 Å². The van der Waals surface area contributed by atoms with Gasteiger partial charge in [-0.3, -0.25) is 4.79 Å². The van der Waals surface area contributed by atoms with Gasteiger partial charge in [-0.1, -0.05) is 0 Å². The van der Waals surface area contributed by atoms with Gasteiger partial charge in [0.1, 0.15) is 0 Å². The molecule has 0 unspecified atom stereocenters. The molecule has 1 aliphatic heterocycles. The van der Waals surface area contributed by atoms with E-state index in [4.69, 9.17) is 5.73 Å². The Balaban J connectivity index is 2.96. The molecule has 1 saturated heterocycles. The SMILES string of the molecule is NCCC(=O)N1CCC(C(F)(F)F)(C(F)(F)F)C1. The van der Waals surface area contributed by atoms with Gasteiger partial charge in [0.2, 0.25) is 5.91 Å². The van der Waals surface area contributed by atoms with Gasteiger partial charge < -0.3 is 10.6 Å². The Bertz CT molecular complexity index is 310. The standard InChI is InChI=1S/C9H12F6N2O/c10-8(11,12)7(9(13,14)15)2-4-17(5-7)6(18)1-3-16/h1-5,16H2. The van der Waals surface area contributed by atoms with Crippen LogP contribution in [0.3, 0.4) is 0 Å². The molecular weight excluding hydrogens is 266 g/mol. The van der Waals surface area contributed by atoms with E-state index in [0.717, 1.165) is 0 Å². The molecule has 0 aromatic heterocycles. The van der Waals surface area contributed by atoms with Crippen molar-refractivity contribution in [2.75, 3.05) is 19.6 Å². The highest BCUT2D eigenvalue weighted by molar-refractivity contribution is 5.76. The number of carbonyl (C=O) groups excluding carboxylic acids is 1. The molecule has 2 N–H and O–H groups in total. The summed E-state index contributed by atoms with van der Waals surface area (Å²) in [5, 5.41) is 0. The van der Waals surface area contributed by atoms with Crippen LogP contribution in [0.5, 0.6) is 0 Å². The lowest BCUT2D eigenvalue weighted by Crippen LogP contribution is -2.52. The van der Waals surface area contributed by atoms with Crippen LogP contribution in [0.15, 0.2) is 0 Å². The zero-order valence-electron chi connectivity index (χ0n) is 9.24. The lowest BCUT2D eigenvalue weighted by atomic mass is 9.85. The van der Waals surface area contributed by atoms with E-state index < -0.39 is 43.2 Å². The van der Waals surface area contributed by atoms with Crippen LogP contribution in [0.4, 0.5) is 26.3 Å². The molecule has 0 saturated carbocycles. The molecule has 3 nitrogen and oxygen atoms in total. The van der Waals surface area contributed by atoms with Crippen LogP contribution < -0.4 is 5.73 Å². The number of carbonyl (C=O) groups is 1. The van der Waals surface area contributed by atoms with Gasteiger partial charge in [-0.05, 0) is 6.42 Å². The van der Waals surface area contributed by atoms with Gasteiger partial charge in [0.15, 0.2) is 5.41 Å². The Kier molecular flexibility index (Phi) is 3.85. The molecule has 1 aliphatic rings. The number of nitrogens with zero attached hydrogens (tertiary/aromatic N) is 1. The summed E-state index contributed by atoms with van der Waals surface area (Å²) in [6.45, 7) is -2.04. The second kappa shape index (κ2) is 4.60. The summed E-state index contributed by atoms with van der Waals surface area (Å²) >= 11 is 0. The maximum Gasteiger partial charge on any atom is 0.404 e. The minimum Gasteiger partial charge on any atom is -0.341 e. The van der Waals surface area contributed by atoms with Crippen LogP contribution in [0, 0.1) is 5.41 Å². The number of alkyl halides is 6. The number of likely N-dealkylation sites (tertiary alicyclic amines) is 1. The van der Waals surface area contributed by atoms with Crippen LogP contribution in [-0.2, 0) is 4.79 Å². The average Bonchev–Trinajstić information content (AvgIpc) is 2.61. The highest BCUT2D eigenvalue weighted by Gasteiger charge is 2.72. The van der Waals surface area contributed by atoms with Crippen molar-refractivity contribution in [1.82, 2.24) is 4.90 Å². The van der Waals surface area contributed by atoms with E-state index in [1.54, 1.807) is 0 Å². The van der Waals surface area contributed by atoms with Crippen molar-refractivity contribution in [3.8, 4) is 0 Å². The molecule has 0 aromatic carbocycles. The highest BCUT2D eigenvalue weighted by atomic mass is 19.4. The number of rotatable bonds is 2. The second-order valence-electron chi connectivity index (χ2n) is 4.18. The van der Waals surface area contributed by atoms with E-state index in [2.05, 4.69) is 0 Å². The maximum atomic E-state index is 12.7. The molecule has 0 spiro atoms. The first-order valence-electron chi connectivity index (χ1n) is 5.16. The maximum absolute atomic E-state index is 12.7. The van der Waals surface area contributed by atoms with Crippen molar-refractivity contribution >= 4 is 5.91 Å². The van der Waals surface area contributed by atoms with Gasteiger partial charge in [0.25, 0.3) is 0 Å². The Labute approximate surface area is 98.9 Å². The molecule has 1 fully saturated rings. The Hall–Kier alpha value is -0.990. The number of hydrogen-bond acceptors (Lipinski definition) is 2. The molecular formula is C9H12F6N2O. The molecule has 1 heterocycles. The molecule has 0 radical (unpaired) electrons. The quantitative estimate of drug-likeness (QED) is 0.781. The fraction of sp³-hybridized carbons (Fsp3) is 0.889. The van der Waals surface area contributed by atoms with Crippen molar-refractivity contribution in [3.05, 3.63) is 0 Å². The summed E-state index contributed by atoms with van der Waals surface area (Å²) in [5.74, 6) is -0.784. The minimum absolute atomic E-state index is 0.111. The third kappa shape index (κ3) is 2.40. The van der Waals surface area contributed by atoms with E-state index in [1.165, 1.54) is 0 Å². The molecule has 0 atom stereocenters. The lowest BCUT2D eigenvalue weighted by molar-refractivity contribution is -0.334. The first-order chi connectivity index (χ1) is 8.05. The van der Waals surface area contributed by atoms with Crippen LogP contribution in [0.1, 0.15) is 12.8 Å². The van der Waals surface area contributed by atoms with Crippen molar-refractivity contribution in [1.29, 1.82) is 0 Å². The third-order valence-corrected chi connectivity index (χ3v) is 3.07. The van der Waals surface area contributed by atoms with E-state index in [-0.39, 0.29) is 13.0 Å². The summed E-state index contributed by atoms with van der Waals surface area (Å²) < 4.78 is 75.9. The number of halogens is 6. The van der Waals surface area contributed by atoms with Crippen LogP contribution in [0.2, 0.25) is 0 Å². The van der Waals surface area contributed by atoms with Gasteiger partial charge in [0.05, 0.1) is 0 Å². The topological polar surface area (TPSA) is 46.3 Å². The summed E-state index contributed by atoms with van der Waals surface area (Å²) in [4.78, 5) is 11.9. The molecule has 1 rings (SSSR count). The van der Waals surface area contributed by atoms with Crippen LogP contribution >= 0.6 is 0 Å². The summed E-state index contributed by atoms with van der Waals surface area (Å²) in [5.41, 5.74) is 1.23. The van der Waals surface area contributed by atoms with Crippen molar-refractivity contribution in [2.24, 2.45) is 11.1 Å². The minimum atomic E-state index is -5.43. The molecule has 18 heavy (non-hydrogen) atoms. The summed E-state index contributed by atoms with van der Waals surface area (Å²) in [7, 11) is 0. The Morgan fingerprint density at radius 2 is 1.67 bits per heavy atom. The van der Waals surface area contributed by atoms with E-state index in [1.807, 2.05) is 0 Å². The van der Waals surface area contributed by atoms with Gasteiger partial charge in [0, 0.05) is 26.1 Å².